The van der Waals surface area contributed by atoms with Gasteiger partial charge in [0, 0.05) is 31.7 Å². The summed E-state index contributed by atoms with van der Waals surface area (Å²) in [6.45, 7) is -0.0813. The minimum Gasteiger partial charge on any atom is -0.396 e. The SMILES string of the molecule is OCC1CC(CO)C(O)C(CO)C1. The molecular weight excluding hydrogens is 172 g/mol. The van der Waals surface area contributed by atoms with Gasteiger partial charge < -0.3 is 20.4 Å². The first-order valence-electron chi connectivity index (χ1n) is 4.73. The highest BCUT2D eigenvalue weighted by Gasteiger charge is 2.35. The smallest absolute Gasteiger partial charge is 0.0640 e. The van der Waals surface area contributed by atoms with Crippen LogP contribution in [0.5, 0.6) is 0 Å². The van der Waals surface area contributed by atoms with Crippen LogP contribution in [0.2, 0.25) is 0 Å². The third-order valence-corrected chi connectivity index (χ3v) is 2.97. The van der Waals surface area contributed by atoms with Crippen molar-refractivity contribution in [2.24, 2.45) is 17.8 Å². The van der Waals surface area contributed by atoms with Gasteiger partial charge in [0.05, 0.1) is 6.10 Å². The molecule has 4 heteroatoms. The summed E-state index contributed by atoms with van der Waals surface area (Å²) in [5, 5.41) is 36.5. The Bertz CT molecular complexity index is 137. The molecular formula is C9H18O4. The average molecular weight is 190 g/mol. The molecule has 1 saturated carbocycles. The van der Waals surface area contributed by atoms with Crippen molar-refractivity contribution in [3.05, 3.63) is 0 Å². The van der Waals surface area contributed by atoms with Crippen molar-refractivity contribution in [3.8, 4) is 0 Å². The van der Waals surface area contributed by atoms with Crippen LogP contribution in [-0.2, 0) is 0 Å². The monoisotopic (exact) mass is 190 g/mol. The zero-order valence-electron chi connectivity index (χ0n) is 7.63. The highest BCUT2D eigenvalue weighted by atomic mass is 16.3. The summed E-state index contributed by atoms with van der Waals surface area (Å²) < 4.78 is 0. The summed E-state index contributed by atoms with van der Waals surface area (Å²) in [6.07, 6.45) is 0.660. The van der Waals surface area contributed by atoms with Gasteiger partial charge in [-0.2, -0.15) is 0 Å². The number of rotatable bonds is 3. The molecule has 0 bridgehead atoms. The quantitative estimate of drug-likeness (QED) is 0.458. The molecule has 0 saturated heterocycles. The molecule has 2 atom stereocenters. The van der Waals surface area contributed by atoms with Crippen LogP contribution in [0, 0.1) is 17.8 Å². The van der Waals surface area contributed by atoms with E-state index in [1.807, 2.05) is 0 Å². The highest BCUT2D eigenvalue weighted by molar-refractivity contribution is 4.85. The Morgan fingerprint density at radius 1 is 0.846 bits per heavy atom. The third-order valence-electron chi connectivity index (χ3n) is 2.97. The fourth-order valence-electron chi connectivity index (χ4n) is 2.13. The predicted octanol–water partition coefficient (Wildman–Crippen LogP) is -1.03. The Morgan fingerprint density at radius 3 is 1.62 bits per heavy atom. The molecule has 0 spiro atoms. The molecule has 1 aliphatic carbocycles. The topological polar surface area (TPSA) is 80.9 Å². The van der Waals surface area contributed by atoms with E-state index in [1.165, 1.54) is 0 Å². The summed E-state index contributed by atoms with van der Waals surface area (Å²) in [5.74, 6) is -0.274. The van der Waals surface area contributed by atoms with Crippen LogP contribution in [0.15, 0.2) is 0 Å². The first kappa shape index (κ1) is 10.9. The second-order valence-corrected chi connectivity index (χ2v) is 3.90. The minimum atomic E-state index is -0.627. The number of aliphatic hydroxyl groups is 4. The summed E-state index contributed by atoms with van der Waals surface area (Å²) in [5.41, 5.74) is 0. The van der Waals surface area contributed by atoms with E-state index in [9.17, 15) is 5.11 Å². The third kappa shape index (κ3) is 2.40. The standard InChI is InChI=1S/C9H18O4/c10-3-6-1-7(4-11)9(13)8(2-6)5-12/h6-13H,1-5H2. The first-order valence-corrected chi connectivity index (χ1v) is 4.73. The van der Waals surface area contributed by atoms with Gasteiger partial charge in [-0.25, -0.2) is 0 Å². The van der Waals surface area contributed by atoms with Crippen molar-refractivity contribution in [2.45, 2.75) is 18.9 Å². The lowest BCUT2D eigenvalue weighted by molar-refractivity contribution is -0.0517. The van der Waals surface area contributed by atoms with E-state index < -0.39 is 6.10 Å². The lowest BCUT2D eigenvalue weighted by Gasteiger charge is -2.37. The van der Waals surface area contributed by atoms with E-state index in [4.69, 9.17) is 15.3 Å². The van der Waals surface area contributed by atoms with Gasteiger partial charge in [-0.05, 0) is 18.8 Å². The van der Waals surface area contributed by atoms with Crippen LogP contribution in [0.1, 0.15) is 12.8 Å². The summed E-state index contributed by atoms with van der Waals surface area (Å²) in [6, 6.07) is 0. The van der Waals surface area contributed by atoms with Gasteiger partial charge in [-0.1, -0.05) is 0 Å². The van der Waals surface area contributed by atoms with Gasteiger partial charge in [0.2, 0.25) is 0 Å². The molecule has 4 N–H and O–H groups in total. The molecule has 4 nitrogen and oxygen atoms in total. The molecule has 0 heterocycles. The number of aliphatic hydroxyl groups excluding tert-OH is 4. The Balaban J connectivity index is 2.56. The second kappa shape index (κ2) is 4.91. The van der Waals surface area contributed by atoms with Crippen molar-refractivity contribution >= 4 is 0 Å². The Morgan fingerprint density at radius 2 is 1.31 bits per heavy atom. The maximum atomic E-state index is 9.64. The van der Waals surface area contributed by atoms with E-state index in [2.05, 4.69) is 0 Å². The van der Waals surface area contributed by atoms with E-state index >= 15 is 0 Å². The molecule has 0 radical (unpaired) electrons. The van der Waals surface area contributed by atoms with Crippen molar-refractivity contribution < 1.29 is 20.4 Å². The van der Waals surface area contributed by atoms with Crippen molar-refractivity contribution in [3.63, 3.8) is 0 Å². The Hall–Kier alpha value is -0.160. The van der Waals surface area contributed by atoms with Crippen LogP contribution >= 0.6 is 0 Å². The lowest BCUT2D eigenvalue weighted by atomic mass is 9.74. The van der Waals surface area contributed by atoms with Crippen LogP contribution in [0.3, 0.4) is 0 Å². The van der Waals surface area contributed by atoms with E-state index in [1.54, 1.807) is 0 Å². The summed E-state index contributed by atoms with van der Waals surface area (Å²) in [4.78, 5) is 0. The van der Waals surface area contributed by atoms with Gasteiger partial charge in [-0.3, -0.25) is 0 Å². The molecule has 1 aliphatic rings. The van der Waals surface area contributed by atoms with Crippen LogP contribution < -0.4 is 0 Å². The fourth-order valence-corrected chi connectivity index (χ4v) is 2.13. The number of hydrogen-bond donors (Lipinski definition) is 4. The fraction of sp³-hybridized carbons (Fsp3) is 1.00. The minimum absolute atomic E-state index is 0.0692. The first-order chi connectivity index (χ1) is 6.22. The Kier molecular flexibility index (Phi) is 4.12. The van der Waals surface area contributed by atoms with Crippen molar-refractivity contribution in [1.29, 1.82) is 0 Å². The maximum Gasteiger partial charge on any atom is 0.0640 e. The summed E-state index contributed by atoms with van der Waals surface area (Å²) >= 11 is 0. The highest BCUT2D eigenvalue weighted by Crippen LogP contribution is 2.32. The normalized spacial score (nSPS) is 40.6. The second-order valence-electron chi connectivity index (χ2n) is 3.90. The molecule has 0 aromatic rings. The van der Waals surface area contributed by atoms with E-state index in [0.29, 0.717) is 12.8 Å². The maximum absolute atomic E-state index is 9.64. The van der Waals surface area contributed by atoms with Gasteiger partial charge in [0.15, 0.2) is 0 Å². The molecule has 13 heavy (non-hydrogen) atoms. The zero-order chi connectivity index (χ0) is 9.84. The molecule has 0 aromatic carbocycles. The van der Waals surface area contributed by atoms with Gasteiger partial charge in [0.1, 0.15) is 0 Å². The number of hydrogen-bond acceptors (Lipinski definition) is 4. The average Bonchev–Trinajstić information content (AvgIpc) is 2.18. The molecule has 0 aliphatic heterocycles. The van der Waals surface area contributed by atoms with Crippen LogP contribution in [0.25, 0.3) is 0 Å². The van der Waals surface area contributed by atoms with Crippen molar-refractivity contribution in [1.82, 2.24) is 0 Å². The molecule has 1 rings (SSSR count). The van der Waals surface area contributed by atoms with Crippen LogP contribution in [-0.4, -0.2) is 46.4 Å². The molecule has 78 valence electrons. The van der Waals surface area contributed by atoms with Gasteiger partial charge >= 0.3 is 0 Å². The lowest BCUT2D eigenvalue weighted by Crippen LogP contribution is -2.41. The van der Waals surface area contributed by atoms with Gasteiger partial charge in [0.25, 0.3) is 0 Å². The van der Waals surface area contributed by atoms with Crippen molar-refractivity contribution in [2.75, 3.05) is 19.8 Å². The van der Waals surface area contributed by atoms with Gasteiger partial charge in [-0.15, -0.1) is 0 Å². The van der Waals surface area contributed by atoms with E-state index in [0.717, 1.165) is 0 Å². The summed E-state index contributed by atoms with van der Waals surface area (Å²) in [7, 11) is 0. The largest absolute Gasteiger partial charge is 0.396 e. The van der Waals surface area contributed by atoms with E-state index in [-0.39, 0.29) is 37.6 Å². The Labute approximate surface area is 77.8 Å². The molecule has 0 amide bonds. The predicted molar refractivity (Wildman–Crippen MR) is 47.0 cm³/mol. The van der Waals surface area contributed by atoms with Crippen LogP contribution in [0.4, 0.5) is 0 Å². The molecule has 2 unspecified atom stereocenters. The molecule has 0 aromatic heterocycles. The zero-order valence-corrected chi connectivity index (χ0v) is 7.63. The molecule has 1 fully saturated rings.